The molecule has 2 heterocycles. The molecular weight excluding hydrogens is 308 g/mol. The van der Waals surface area contributed by atoms with Gasteiger partial charge in [0.1, 0.15) is 11.5 Å². The molecular formula is C17H18N4O3. The van der Waals surface area contributed by atoms with Gasteiger partial charge in [-0.1, -0.05) is 6.07 Å². The van der Waals surface area contributed by atoms with Crippen molar-refractivity contribution in [1.82, 2.24) is 14.9 Å². The second-order valence-corrected chi connectivity index (χ2v) is 5.11. The van der Waals surface area contributed by atoms with Crippen LogP contribution in [0.25, 0.3) is 5.52 Å². The minimum Gasteiger partial charge on any atom is -0.497 e. The summed E-state index contributed by atoms with van der Waals surface area (Å²) in [5, 5.41) is 9.82. The zero-order valence-electron chi connectivity index (χ0n) is 13.4. The number of hydrogen-bond donors (Lipinski definition) is 2. The summed E-state index contributed by atoms with van der Waals surface area (Å²) in [6.45, 7) is 0.375. The van der Waals surface area contributed by atoms with Crippen molar-refractivity contribution in [3.63, 3.8) is 0 Å². The largest absolute Gasteiger partial charge is 0.497 e. The van der Waals surface area contributed by atoms with Crippen molar-refractivity contribution in [2.75, 3.05) is 19.5 Å². The fourth-order valence-corrected chi connectivity index (χ4v) is 2.35. The van der Waals surface area contributed by atoms with Crippen LogP contribution in [0.4, 0.5) is 10.5 Å². The maximum atomic E-state index is 12.1. The molecule has 3 aromatic rings. The molecule has 0 saturated carbocycles. The van der Waals surface area contributed by atoms with Crippen LogP contribution in [0.1, 0.15) is 5.56 Å². The zero-order chi connectivity index (χ0) is 16.9. The Bertz CT molecular complexity index is 838. The summed E-state index contributed by atoms with van der Waals surface area (Å²) in [5.41, 5.74) is 2.48. The molecule has 0 unspecified atom stereocenters. The number of carbonyl (C=O) groups is 1. The molecule has 2 N–H and O–H groups in total. The van der Waals surface area contributed by atoms with Crippen molar-refractivity contribution < 1.29 is 14.3 Å². The van der Waals surface area contributed by atoms with E-state index in [1.165, 1.54) is 0 Å². The highest BCUT2D eigenvalue weighted by Crippen LogP contribution is 2.25. The van der Waals surface area contributed by atoms with Gasteiger partial charge in [-0.3, -0.25) is 0 Å². The van der Waals surface area contributed by atoms with E-state index in [4.69, 9.17) is 9.47 Å². The fraction of sp³-hybridized carbons (Fsp3) is 0.176. The van der Waals surface area contributed by atoms with Crippen LogP contribution in [0.3, 0.4) is 0 Å². The lowest BCUT2D eigenvalue weighted by Crippen LogP contribution is -2.28. The number of carbonyl (C=O) groups excluding carboxylic acids is 1. The maximum Gasteiger partial charge on any atom is 0.319 e. The van der Waals surface area contributed by atoms with Gasteiger partial charge in [0.25, 0.3) is 0 Å². The summed E-state index contributed by atoms with van der Waals surface area (Å²) in [4.78, 5) is 12.1. The Labute approximate surface area is 139 Å². The highest BCUT2D eigenvalue weighted by molar-refractivity contribution is 5.89. The predicted molar refractivity (Wildman–Crippen MR) is 90.6 cm³/mol. The number of amides is 2. The molecule has 3 rings (SSSR count). The van der Waals surface area contributed by atoms with Gasteiger partial charge in [0.05, 0.1) is 25.9 Å². The quantitative estimate of drug-likeness (QED) is 0.756. The lowest BCUT2D eigenvalue weighted by molar-refractivity contribution is 0.252. The first kappa shape index (κ1) is 15.7. The molecule has 0 aliphatic heterocycles. The van der Waals surface area contributed by atoms with Crippen LogP contribution in [0, 0.1) is 0 Å². The maximum absolute atomic E-state index is 12.1. The molecule has 1 aromatic carbocycles. The molecule has 0 saturated heterocycles. The van der Waals surface area contributed by atoms with E-state index in [2.05, 4.69) is 15.7 Å². The van der Waals surface area contributed by atoms with Gasteiger partial charge < -0.3 is 20.1 Å². The number of ether oxygens (including phenoxy) is 2. The van der Waals surface area contributed by atoms with E-state index >= 15 is 0 Å². The SMILES string of the molecule is COc1cc(NC(=O)NCc2cnn3ccccc23)cc(OC)c1. The van der Waals surface area contributed by atoms with Crippen molar-refractivity contribution in [3.8, 4) is 11.5 Å². The molecule has 24 heavy (non-hydrogen) atoms. The van der Waals surface area contributed by atoms with Crippen LogP contribution in [0.5, 0.6) is 11.5 Å². The van der Waals surface area contributed by atoms with Gasteiger partial charge in [-0.25, -0.2) is 9.31 Å². The van der Waals surface area contributed by atoms with Crippen molar-refractivity contribution in [1.29, 1.82) is 0 Å². The summed E-state index contributed by atoms with van der Waals surface area (Å²) in [6.07, 6.45) is 3.60. The lowest BCUT2D eigenvalue weighted by Gasteiger charge is -2.10. The van der Waals surface area contributed by atoms with Gasteiger partial charge in [-0.2, -0.15) is 5.10 Å². The Morgan fingerprint density at radius 1 is 1.17 bits per heavy atom. The highest BCUT2D eigenvalue weighted by Gasteiger charge is 2.08. The number of urea groups is 1. The summed E-state index contributed by atoms with van der Waals surface area (Å²) in [5.74, 6) is 1.21. The Morgan fingerprint density at radius 2 is 1.92 bits per heavy atom. The summed E-state index contributed by atoms with van der Waals surface area (Å²) in [6, 6.07) is 10.6. The predicted octanol–water partition coefficient (Wildman–Crippen LogP) is 2.67. The average molecular weight is 326 g/mol. The molecule has 0 aliphatic rings. The minimum atomic E-state index is -0.319. The number of pyridine rings is 1. The number of benzene rings is 1. The van der Waals surface area contributed by atoms with Gasteiger partial charge in [0, 0.05) is 42.2 Å². The van der Waals surface area contributed by atoms with Gasteiger partial charge in [-0.05, 0) is 12.1 Å². The van der Waals surface area contributed by atoms with Crippen LogP contribution in [-0.4, -0.2) is 29.9 Å². The van der Waals surface area contributed by atoms with E-state index < -0.39 is 0 Å². The first-order chi connectivity index (χ1) is 11.7. The highest BCUT2D eigenvalue weighted by atomic mass is 16.5. The third kappa shape index (κ3) is 3.40. The van der Waals surface area contributed by atoms with Crippen molar-refractivity contribution in [3.05, 3.63) is 54.4 Å². The van der Waals surface area contributed by atoms with E-state index in [9.17, 15) is 4.79 Å². The second-order valence-electron chi connectivity index (χ2n) is 5.11. The molecule has 0 radical (unpaired) electrons. The molecule has 7 nitrogen and oxygen atoms in total. The van der Waals surface area contributed by atoms with Crippen LogP contribution in [-0.2, 0) is 6.54 Å². The van der Waals surface area contributed by atoms with E-state index in [1.54, 1.807) is 43.1 Å². The van der Waals surface area contributed by atoms with Crippen molar-refractivity contribution >= 4 is 17.2 Å². The summed E-state index contributed by atoms with van der Waals surface area (Å²) < 4.78 is 12.1. The van der Waals surface area contributed by atoms with E-state index in [0.29, 0.717) is 23.7 Å². The number of aromatic nitrogens is 2. The third-order valence-electron chi connectivity index (χ3n) is 3.55. The fourth-order valence-electron chi connectivity index (χ4n) is 2.35. The lowest BCUT2D eigenvalue weighted by atomic mass is 10.2. The Morgan fingerprint density at radius 3 is 2.62 bits per heavy atom. The first-order valence-corrected chi connectivity index (χ1v) is 7.39. The molecule has 0 atom stereocenters. The van der Waals surface area contributed by atoms with Gasteiger partial charge >= 0.3 is 6.03 Å². The van der Waals surface area contributed by atoms with Gasteiger partial charge in [0.2, 0.25) is 0 Å². The number of methoxy groups -OCH3 is 2. The van der Waals surface area contributed by atoms with Gasteiger partial charge in [-0.15, -0.1) is 0 Å². The molecule has 0 spiro atoms. The molecule has 2 amide bonds. The number of anilines is 1. The van der Waals surface area contributed by atoms with Crippen LogP contribution >= 0.6 is 0 Å². The Balaban J connectivity index is 1.65. The molecule has 2 aromatic heterocycles. The number of rotatable bonds is 5. The number of nitrogens with one attached hydrogen (secondary N) is 2. The third-order valence-corrected chi connectivity index (χ3v) is 3.55. The zero-order valence-corrected chi connectivity index (χ0v) is 13.4. The molecule has 7 heteroatoms. The Hall–Kier alpha value is -3.22. The van der Waals surface area contributed by atoms with Crippen LogP contribution in [0.15, 0.2) is 48.8 Å². The second kappa shape index (κ2) is 6.91. The van der Waals surface area contributed by atoms with Crippen LogP contribution in [0.2, 0.25) is 0 Å². The van der Waals surface area contributed by atoms with E-state index in [-0.39, 0.29) is 6.03 Å². The smallest absolute Gasteiger partial charge is 0.319 e. The number of hydrogen-bond acceptors (Lipinski definition) is 4. The van der Waals surface area contributed by atoms with E-state index in [1.807, 2.05) is 24.4 Å². The normalized spacial score (nSPS) is 10.4. The van der Waals surface area contributed by atoms with Crippen molar-refractivity contribution in [2.24, 2.45) is 0 Å². The molecule has 0 aliphatic carbocycles. The summed E-state index contributed by atoms with van der Waals surface area (Å²) in [7, 11) is 3.12. The first-order valence-electron chi connectivity index (χ1n) is 7.39. The summed E-state index contributed by atoms with van der Waals surface area (Å²) >= 11 is 0. The van der Waals surface area contributed by atoms with E-state index in [0.717, 1.165) is 11.1 Å². The van der Waals surface area contributed by atoms with Crippen LogP contribution < -0.4 is 20.1 Å². The van der Waals surface area contributed by atoms with Gasteiger partial charge in [0.15, 0.2) is 0 Å². The Kier molecular flexibility index (Phi) is 4.51. The average Bonchev–Trinajstić information content (AvgIpc) is 3.02. The number of nitrogens with zero attached hydrogens (tertiary/aromatic N) is 2. The monoisotopic (exact) mass is 326 g/mol. The molecule has 0 fully saturated rings. The molecule has 124 valence electrons. The molecule has 0 bridgehead atoms. The standard InChI is InChI=1S/C17H18N4O3/c1-23-14-7-13(8-15(9-14)24-2)20-17(22)18-10-12-11-19-21-6-4-3-5-16(12)21/h3-9,11H,10H2,1-2H3,(H2,18,20,22). The minimum absolute atomic E-state index is 0.319. The van der Waals surface area contributed by atoms with Crippen molar-refractivity contribution in [2.45, 2.75) is 6.54 Å². The topological polar surface area (TPSA) is 76.9 Å². The number of fused-ring (bicyclic) bond motifs is 1.